The average Bonchev–Trinajstić information content (AvgIpc) is 3.23. The predicted molar refractivity (Wildman–Crippen MR) is 132 cm³/mol. The molecule has 1 saturated carbocycles. The SMILES string of the molecule is Cc1cncnc1NC(=O)c1cc(F)c(-n2nc3n(c2=O)CCCC3)cc1O[C@@H](C)C1CCCCC1. The van der Waals surface area contributed by atoms with Gasteiger partial charge >= 0.3 is 5.69 Å². The number of hydrogen-bond acceptors (Lipinski definition) is 6. The van der Waals surface area contributed by atoms with Crippen molar-refractivity contribution < 1.29 is 13.9 Å². The number of anilines is 1. The van der Waals surface area contributed by atoms with Crippen molar-refractivity contribution in [1.29, 1.82) is 0 Å². The summed E-state index contributed by atoms with van der Waals surface area (Å²) in [6.45, 7) is 4.32. The van der Waals surface area contributed by atoms with E-state index >= 15 is 4.39 Å². The summed E-state index contributed by atoms with van der Waals surface area (Å²) < 4.78 is 24.5. The van der Waals surface area contributed by atoms with E-state index in [4.69, 9.17) is 4.74 Å². The van der Waals surface area contributed by atoms with Crippen LogP contribution in [0.25, 0.3) is 5.69 Å². The Morgan fingerprint density at radius 3 is 2.75 bits per heavy atom. The van der Waals surface area contributed by atoms with Crippen LogP contribution in [-0.2, 0) is 13.0 Å². The second-order valence-electron chi connectivity index (χ2n) is 9.75. The van der Waals surface area contributed by atoms with E-state index in [0.717, 1.165) is 49.3 Å². The number of carbonyl (C=O) groups is 1. The van der Waals surface area contributed by atoms with Crippen LogP contribution in [0.4, 0.5) is 10.2 Å². The topological polar surface area (TPSA) is 104 Å². The fraction of sp³-hybridized carbons (Fsp3) is 0.500. The molecular weight excluding hydrogens is 463 g/mol. The lowest BCUT2D eigenvalue weighted by Gasteiger charge is -2.29. The number of ether oxygens (including phenoxy) is 1. The molecule has 190 valence electrons. The van der Waals surface area contributed by atoms with Crippen molar-refractivity contribution >= 4 is 11.7 Å². The quantitative estimate of drug-likeness (QED) is 0.551. The highest BCUT2D eigenvalue weighted by Gasteiger charge is 2.27. The van der Waals surface area contributed by atoms with Gasteiger partial charge in [-0.25, -0.2) is 19.2 Å². The highest BCUT2D eigenvalue weighted by atomic mass is 19.1. The number of nitrogens with one attached hydrogen (secondary N) is 1. The minimum Gasteiger partial charge on any atom is -0.490 e. The lowest BCUT2D eigenvalue weighted by Crippen LogP contribution is -2.28. The van der Waals surface area contributed by atoms with Gasteiger partial charge in [-0.15, -0.1) is 5.10 Å². The molecule has 1 amide bonds. The number of carbonyl (C=O) groups excluding carboxylic acids is 1. The second kappa shape index (κ2) is 10.2. The fourth-order valence-corrected chi connectivity index (χ4v) is 5.14. The van der Waals surface area contributed by atoms with Crippen molar-refractivity contribution in [3.8, 4) is 11.4 Å². The molecule has 3 aromatic rings. The van der Waals surface area contributed by atoms with Gasteiger partial charge < -0.3 is 10.1 Å². The molecule has 2 aliphatic rings. The summed E-state index contributed by atoms with van der Waals surface area (Å²) in [6.07, 6.45) is 10.8. The Kier molecular flexibility index (Phi) is 6.84. The lowest BCUT2D eigenvalue weighted by atomic mass is 9.86. The van der Waals surface area contributed by atoms with Crippen molar-refractivity contribution in [3.63, 3.8) is 0 Å². The molecule has 1 aliphatic heterocycles. The number of amides is 1. The summed E-state index contributed by atoms with van der Waals surface area (Å²) in [7, 11) is 0. The van der Waals surface area contributed by atoms with Crippen LogP contribution in [0.1, 0.15) is 73.6 Å². The first-order chi connectivity index (χ1) is 17.4. The maximum atomic E-state index is 15.5. The third-order valence-corrected chi connectivity index (χ3v) is 7.25. The van der Waals surface area contributed by atoms with Crippen molar-refractivity contribution in [2.24, 2.45) is 5.92 Å². The van der Waals surface area contributed by atoms with Gasteiger partial charge in [0.25, 0.3) is 5.91 Å². The number of hydrogen-bond donors (Lipinski definition) is 1. The lowest BCUT2D eigenvalue weighted by molar-refractivity contribution is 0.0996. The van der Waals surface area contributed by atoms with Crippen LogP contribution in [-0.4, -0.2) is 36.3 Å². The number of fused-ring (bicyclic) bond motifs is 1. The summed E-state index contributed by atoms with van der Waals surface area (Å²) in [5, 5.41) is 7.13. The van der Waals surface area contributed by atoms with Gasteiger partial charge in [-0.3, -0.25) is 9.36 Å². The van der Waals surface area contributed by atoms with Crippen LogP contribution in [0.15, 0.2) is 29.5 Å². The molecule has 0 unspecified atom stereocenters. The number of nitrogens with zero attached hydrogens (tertiary/aromatic N) is 5. The van der Waals surface area contributed by atoms with E-state index < -0.39 is 11.7 Å². The first kappa shape index (κ1) is 24.1. The van der Waals surface area contributed by atoms with Crippen LogP contribution in [0.5, 0.6) is 5.75 Å². The highest BCUT2D eigenvalue weighted by Crippen LogP contribution is 2.32. The molecule has 1 atom stereocenters. The van der Waals surface area contributed by atoms with Gasteiger partial charge in [0.1, 0.15) is 35.2 Å². The first-order valence-electron chi connectivity index (χ1n) is 12.7. The fourth-order valence-electron chi connectivity index (χ4n) is 5.14. The monoisotopic (exact) mass is 494 g/mol. The summed E-state index contributed by atoms with van der Waals surface area (Å²) in [4.78, 5) is 34.3. The molecule has 9 nitrogen and oxygen atoms in total. The molecule has 0 bridgehead atoms. The molecule has 1 fully saturated rings. The average molecular weight is 495 g/mol. The third kappa shape index (κ3) is 4.76. The molecular formula is C26H31FN6O3. The zero-order valence-electron chi connectivity index (χ0n) is 20.7. The molecule has 1 aliphatic carbocycles. The van der Waals surface area contributed by atoms with Crippen molar-refractivity contribution in [1.82, 2.24) is 24.3 Å². The van der Waals surface area contributed by atoms with Crippen LogP contribution in [0.3, 0.4) is 0 Å². The van der Waals surface area contributed by atoms with Gasteiger partial charge in [0, 0.05) is 30.8 Å². The molecule has 2 aromatic heterocycles. The predicted octanol–water partition coefficient (Wildman–Crippen LogP) is 4.21. The Morgan fingerprint density at radius 1 is 1.19 bits per heavy atom. The number of rotatable bonds is 6. The number of aryl methyl sites for hydroxylation is 2. The first-order valence-corrected chi connectivity index (χ1v) is 12.7. The molecule has 0 spiro atoms. The van der Waals surface area contributed by atoms with Crippen molar-refractivity contribution in [3.05, 3.63) is 57.9 Å². The Balaban J connectivity index is 1.54. The minimum atomic E-state index is -0.727. The summed E-state index contributed by atoms with van der Waals surface area (Å²) in [6, 6.07) is 2.55. The standard InChI is InChI=1S/C26H31FN6O3/c1-16-14-28-15-29-24(16)30-25(34)19-12-20(27)21(33-26(35)32-11-7-6-10-23(32)31-33)13-22(19)36-17(2)18-8-4-3-5-9-18/h12-15,17-18H,3-11H2,1-2H3,(H,28,29,30,34)/t17-/m0/s1. The highest BCUT2D eigenvalue weighted by molar-refractivity contribution is 6.06. The number of halogens is 1. The van der Waals surface area contributed by atoms with Gasteiger partial charge in [-0.2, -0.15) is 4.68 Å². The van der Waals surface area contributed by atoms with E-state index in [0.29, 0.717) is 36.1 Å². The van der Waals surface area contributed by atoms with Gasteiger partial charge in [0.05, 0.1) is 11.7 Å². The molecule has 0 radical (unpaired) electrons. The van der Waals surface area contributed by atoms with E-state index in [1.807, 2.05) is 6.92 Å². The molecule has 5 rings (SSSR count). The Hall–Kier alpha value is -3.56. The maximum Gasteiger partial charge on any atom is 0.350 e. The van der Waals surface area contributed by atoms with Crippen LogP contribution in [0, 0.1) is 18.7 Å². The van der Waals surface area contributed by atoms with Crippen LogP contribution >= 0.6 is 0 Å². The summed E-state index contributed by atoms with van der Waals surface area (Å²) in [5.74, 6) is 0.259. The second-order valence-corrected chi connectivity index (χ2v) is 9.75. The third-order valence-electron chi connectivity index (χ3n) is 7.25. The van der Waals surface area contributed by atoms with Gasteiger partial charge in [0.2, 0.25) is 0 Å². The van der Waals surface area contributed by atoms with E-state index in [1.54, 1.807) is 17.7 Å². The normalized spacial score (nSPS) is 16.9. The van der Waals surface area contributed by atoms with E-state index in [1.165, 1.54) is 18.8 Å². The van der Waals surface area contributed by atoms with E-state index in [-0.39, 0.29) is 28.8 Å². The smallest absolute Gasteiger partial charge is 0.350 e. The van der Waals surface area contributed by atoms with Gasteiger partial charge in [0.15, 0.2) is 0 Å². The summed E-state index contributed by atoms with van der Waals surface area (Å²) in [5.41, 5.74) is 0.302. The number of benzene rings is 1. The molecule has 3 heterocycles. The van der Waals surface area contributed by atoms with Crippen molar-refractivity contribution in [2.45, 2.75) is 77.9 Å². The zero-order valence-corrected chi connectivity index (χ0v) is 20.7. The molecule has 1 aromatic carbocycles. The number of aromatic nitrogens is 5. The van der Waals surface area contributed by atoms with Gasteiger partial charge in [-0.05, 0) is 51.5 Å². The molecule has 1 N–H and O–H groups in total. The minimum absolute atomic E-state index is 0.0255. The largest absolute Gasteiger partial charge is 0.490 e. The summed E-state index contributed by atoms with van der Waals surface area (Å²) >= 11 is 0. The van der Waals surface area contributed by atoms with Crippen molar-refractivity contribution in [2.75, 3.05) is 5.32 Å². The molecule has 10 heteroatoms. The molecule has 36 heavy (non-hydrogen) atoms. The van der Waals surface area contributed by atoms with E-state index in [2.05, 4.69) is 20.4 Å². The van der Waals surface area contributed by atoms with Gasteiger partial charge in [-0.1, -0.05) is 19.3 Å². The Bertz CT molecular complexity index is 1330. The zero-order chi connectivity index (χ0) is 25.2. The molecule has 0 saturated heterocycles. The Morgan fingerprint density at radius 2 is 2.00 bits per heavy atom. The van der Waals surface area contributed by atoms with Crippen LogP contribution < -0.4 is 15.7 Å². The van der Waals surface area contributed by atoms with Crippen LogP contribution in [0.2, 0.25) is 0 Å². The van der Waals surface area contributed by atoms with E-state index in [9.17, 15) is 9.59 Å². The Labute approximate surface area is 208 Å². The maximum absolute atomic E-state index is 15.5.